The molecular formula is C23H21ClN6O. The summed E-state index contributed by atoms with van der Waals surface area (Å²) in [5, 5.41) is 11.8. The first-order valence-electron chi connectivity index (χ1n) is 9.58. The molecule has 0 aliphatic carbocycles. The fraction of sp³-hybridized carbons (Fsp3) is 0.130. The van der Waals surface area contributed by atoms with Gasteiger partial charge in [-0.3, -0.25) is 4.98 Å². The lowest BCUT2D eigenvalue weighted by Gasteiger charge is -2.16. The molecule has 2 aromatic heterocycles. The van der Waals surface area contributed by atoms with Crippen LogP contribution in [0, 0.1) is 6.92 Å². The third kappa shape index (κ3) is 4.57. The number of hydrogen-bond acceptors (Lipinski definition) is 7. The molecule has 8 heteroatoms. The Morgan fingerprint density at radius 3 is 2.58 bits per heavy atom. The van der Waals surface area contributed by atoms with E-state index in [1.165, 1.54) is 0 Å². The summed E-state index contributed by atoms with van der Waals surface area (Å²) >= 11 is 6.02. The van der Waals surface area contributed by atoms with Crippen LogP contribution < -0.4 is 5.32 Å². The molecule has 0 spiro atoms. The smallest absolute Gasteiger partial charge is 0.320 e. The van der Waals surface area contributed by atoms with E-state index in [1.807, 2.05) is 62.3 Å². The second-order valence-corrected chi connectivity index (χ2v) is 7.59. The Morgan fingerprint density at radius 2 is 1.87 bits per heavy atom. The number of rotatable bonds is 6. The van der Waals surface area contributed by atoms with Gasteiger partial charge in [-0.15, -0.1) is 5.10 Å². The van der Waals surface area contributed by atoms with Crippen molar-refractivity contribution in [3.05, 3.63) is 77.6 Å². The number of aromatic nitrogens is 4. The minimum absolute atomic E-state index is 0.246. The third-order valence-electron chi connectivity index (χ3n) is 4.71. The lowest BCUT2D eigenvalue weighted by Crippen LogP contribution is -2.08. The van der Waals surface area contributed by atoms with E-state index >= 15 is 0 Å². The molecule has 0 aliphatic rings. The highest BCUT2D eigenvalue weighted by atomic mass is 35.5. The SMILES string of the molecule is C=C(c1ccc(-c2cnc(C)c(-c3nnc(Nc4cccc(Cl)c4)o3)n2)cc1)N(C)C. The van der Waals surface area contributed by atoms with Gasteiger partial charge in [-0.1, -0.05) is 53.6 Å². The second kappa shape index (κ2) is 8.57. The van der Waals surface area contributed by atoms with Crippen molar-refractivity contribution in [2.75, 3.05) is 19.4 Å². The van der Waals surface area contributed by atoms with Crippen molar-refractivity contribution in [1.82, 2.24) is 25.1 Å². The van der Waals surface area contributed by atoms with E-state index in [2.05, 4.69) is 27.1 Å². The predicted molar refractivity (Wildman–Crippen MR) is 123 cm³/mol. The van der Waals surface area contributed by atoms with Gasteiger partial charge in [0.1, 0.15) is 5.69 Å². The molecule has 1 N–H and O–H groups in total. The van der Waals surface area contributed by atoms with Crippen LogP contribution >= 0.6 is 11.6 Å². The zero-order valence-electron chi connectivity index (χ0n) is 17.4. The van der Waals surface area contributed by atoms with Crippen LogP contribution in [0.3, 0.4) is 0 Å². The van der Waals surface area contributed by atoms with E-state index in [0.29, 0.717) is 22.1 Å². The van der Waals surface area contributed by atoms with Crippen molar-refractivity contribution in [2.45, 2.75) is 6.92 Å². The summed E-state index contributed by atoms with van der Waals surface area (Å²) in [5.41, 5.74) is 5.60. The summed E-state index contributed by atoms with van der Waals surface area (Å²) in [6, 6.07) is 15.5. The second-order valence-electron chi connectivity index (χ2n) is 7.16. The Bertz CT molecular complexity index is 1230. The van der Waals surface area contributed by atoms with Gasteiger partial charge in [0.25, 0.3) is 5.89 Å². The number of anilines is 2. The minimum Gasteiger partial charge on any atom is -0.401 e. The first kappa shape index (κ1) is 20.6. The summed E-state index contributed by atoms with van der Waals surface area (Å²) in [7, 11) is 3.93. The molecule has 156 valence electrons. The van der Waals surface area contributed by atoms with E-state index in [4.69, 9.17) is 21.0 Å². The van der Waals surface area contributed by atoms with Crippen LogP contribution in [0.15, 0.2) is 65.7 Å². The minimum atomic E-state index is 0.246. The van der Waals surface area contributed by atoms with Gasteiger partial charge in [0.05, 0.1) is 17.6 Å². The van der Waals surface area contributed by atoms with E-state index in [0.717, 1.165) is 22.5 Å². The standard InChI is InChI=1S/C23H21ClN6O/c1-14-21(22-28-29-23(31-22)26-19-7-5-6-18(24)12-19)27-20(13-25-14)17-10-8-16(9-11-17)15(2)30(3)4/h5-13H,2H2,1,3-4H3,(H,26,29). The molecule has 0 amide bonds. The first-order chi connectivity index (χ1) is 14.9. The van der Waals surface area contributed by atoms with Crippen LogP contribution in [-0.2, 0) is 0 Å². The van der Waals surface area contributed by atoms with Crippen molar-refractivity contribution < 1.29 is 4.42 Å². The Hall–Kier alpha value is -3.71. The van der Waals surface area contributed by atoms with Gasteiger partial charge < -0.3 is 14.6 Å². The number of nitrogens with one attached hydrogen (secondary N) is 1. The van der Waals surface area contributed by atoms with Crippen LogP contribution in [-0.4, -0.2) is 39.2 Å². The van der Waals surface area contributed by atoms with Crippen molar-refractivity contribution in [3.63, 3.8) is 0 Å². The molecule has 0 saturated carbocycles. The monoisotopic (exact) mass is 432 g/mol. The molecule has 4 aromatic rings. The van der Waals surface area contributed by atoms with Gasteiger partial charge in [0, 0.05) is 36.1 Å². The highest BCUT2D eigenvalue weighted by molar-refractivity contribution is 6.30. The summed E-state index contributed by atoms with van der Waals surface area (Å²) < 4.78 is 5.77. The van der Waals surface area contributed by atoms with Gasteiger partial charge in [-0.25, -0.2) is 4.98 Å². The molecule has 0 unspecified atom stereocenters. The Kier molecular flexibility index (Phi) is 5.68. The molecule has 0 bridgehead atoms. The number of hydrogen-bond donors (Lipinski definition) is 1. The van der Waals surface area contributed by atoms with Crippen molar-refractivity contribution in [3.8, 4) is 22.8 Å². The third-order valence-corrected chi connectivity index (χ3v) is 4.95. The number of benzene rings is 2. The van der Waals surface area contributed by atoms with Gasteiger partial charge in [-0.2, -0.15) is 0 Å². The zero-order chi connectivity index (χ0) is 22.0. The summed E-state index contributed by atoms with van der Waals surface area (Å²) in [5.74, 6) is 0.286. The average molecular weight is 433 g/mol. The van der Waals surface area contributed by atoms with Crippen LogP contribution in [0.1, 0.15) is 11.3 Å². The summed E-state index contributed by atoms with van der Waals surface area (Å²) in [6.45, 7) is 5.94. The lowest BCUT2D eigenvalue weighted by atomic mass is 10.1. The van der Waals surface area contributed by atoms with Crippen molar-refractivity contribution >= 4 is 29.0 Å². The predicted octanol–water partition coefficient (Wildman–Crippen LogP) is 5.43. The molecule has 4 rings (SSSR count). The Labute approximate surface area is 185 Å². The zero-order valence-corrected chi connectivity index (χ0v) is 18.2. The molecule has 7 nitrogen and oxygen atoms in total. The quantitative estimate of drug-likeness (QED) is 0.435. The molecular weight excluding hydrogens is 412 g/mol. The van der Waals surface area contributed by atoms with Crippen LogP contribution in [0.2, 0.25) is 5.02 Å². The maximum atomic E-state index is 6.02. The normalized spacial score (nSPS) is 10.7. The summed E-state index contributed by atoms with van der Waals surface area (Å²) in [4.78, 5) is 11.2. The summed E-state index contributed by atoms with van der Waals surface area (Å²) in [6.07, 6.45) is 1.73. The Balaban J connectivity index is 1.60. The van der Waals surface area contributed by atoms with Crippen molar-refractivity contribution in [1.29, 1.82) is 0 Å². The molecule has 0 atom stereocenters. The maximum absolute atomic E-state index is 6.02. The number of aryl methyl sites for hydroxylation is 1. The highest BCUT2D eigenvalue weighted by Gasteiger charge is 2.15. The average Bonchev–Trinajstić information content (AvgIpc) is 3.22. The van der Waals surface area contributed by atoms with Crippen LogP contribution in [0.5, 0.6) is 0 Å². The molecule has 0 saturated heterocycles. The van der Waals surface area contributed by atoms with E-state index in [-0.39, 0.29) is 11.9 Å². The maximum Gasteiger partial charge on any atom is 0.320 e. The van der Waals surface area contributed by atoms with E-state index in [9.17, 15) is 0 Å². The van der Waals surface area contributed by atoms with Gasteiger partial charge in [-0.05, 0) is 30.7 Å². The number of halogens is 1. The van der Waals surface area contributed by atoms with Crippen LogP contribution in [0.25, 0.3) is 28.5 Å². The molecule has 2 aromatic carbocycles. The fourth-order valence-electron chi connectivity index (χ4n) is 2.94. The topological polar surface area (TPSA) is 80.0 Å². The van der Waals surface area contributed by atoms with E-state index in [1.54, 1.807) is 18.3 Å². The lowest BCUT2D eigenvalue weighted by molar-refractivity contribution is 0.584. The molecule has 31 heavy (non-hydrogen) atoms. The fourth-order valence-corrected chi connectivity index (χ4v) is 3.13. The van der Waals surface area contributed by atoms with Gasteiger partial charge >= 0.3 is 6.01 Å². The number of nitrogens with zero attached hydrogens (tertiary/aromatic N) is 5. The molecule has 2 heterocycles. The first-order valence-corrected chi connectivity index (χ1v) is 9.95. The molecule has 0 aliphatic heterocycles. The highest BCUT2D eigenvalue weighted by Crippen LogP contribution is 2.27. The Morgan fingerprint density at radius 1 is 1.10 bits per heavy atom. The molecule has 0 fully saturated rings. The van der Waals surface area contributed by atoms with Crippen LogP contribution in [0.4, 0.5) is 11.7 Å². The van der Waals surface area contributed by atoms with Gasteiger partial charge in [0.15, 0.2) is 0 Å². The van der Waals surface area contributed by atoms with E-state index < -0.39 is 0 Å². The van der Waals surface area contributed by atoms with Gasteiger partial charge in [0.2, 0.25) is 0 Å². The largest absolute Gasteiger partial charge is 0.401 e. The molecule has 0 radical (unpaired) electrons. The van der Waals surface area contributed by atoms with Crippen molar-refractivity contribution in [2.24, 2.45) is 0 Å².